The third kappa shape index (κ3) is 5.51. The van der Waals surface area contributed by atoms with Crippen LogP contribution in [0.4, 0.5) is 5.95 Å². The largest absolute Gasteiger partial charge is 0.349 e. The van der Waals surface area contributed by atoms with Crippen molar-refractivity contribution in [3.05, 3.63) is 24.0 Å². The maximum Gasteiger partial charge on any atom is 0.246 e. The lowest BCUT2D eigenvalue weighted by atomic mass is 10.3. The van der Waals surface area contributed by atoms with Gasteiger partial charge in [-0.15, -0.1) is 0 Å². The second kappa shape index (κ2) is 8.11. The maximum absolute atomic E-state index is 11.9. The highest BCUT2D eigenvalue weighted by Gasteiger charge is 2.09. The molecule has 1 rings (SSSR count). The second-order valence-corrected chi connectivity index (χ2v) is 5.34. The third-order valence-electron chi connectivity index (χ3n) is 3.01. The van der Waals surface area contributed by atoms with Gasteiger partial charge in [-0.1, -0.05) is 0 Å². The van der Waals surface area contributed by atoms with Crippen LogP contribution in [0.2, 0.25) is 0 Å². The molecule has 0 aliphatic carbocycles. The van der Waals surface area contributed by atoms with E-state index < -0.39 is 0 Å². The summed E-state index contributed by atoms with van der Waals surface area (Å²) in [6, 6.07) is 0. The first-order chi connectivity index (χ1) is 10.3. The number of amides is 2. The van der Waals surface area contributed by atoms with Gasteiger partial charge in [0.1, 0.15) is 0 Å². The number of hydrogen-bond acceptors (Lipinski definition) is 5. The van der Waals surface area contributed by atoms with Crippen molar-refractivity contribution in [1.82, 2.24) is 19.8 Å². The zero-order valence-corrected chi connectivity index (χ0v) is 13.8. The van der Waals surface area contributed by atoms with Crippen molar-refractivity contribution in [2.24, 2.45) is 0 Å². The predicted molar refractivity (Wildman–Crippen MR) is 86.3 cm³/mol. The molecule has 0 radical (unpaired) electrons. The van der Waals surface area contributed by atoms with Gasteiger partial charge in [-0.2, -0.15) is 0 Å². The van der Waals surface area contributed by atoms with Crippen LogP contribution in [0.1, 0.15) is 12.0 Å². The number of hydrogen-bond donors (Lipinski definition) is 0. The predicted octanol–water partition coefficient (Wildman–Crippen LogP) is 0.492. The molecule has 0 fully saturated rings. The van der Waals surface area contributed by atoms with E-state index >= 15 is 0 Å². The summed E-state index contributed by atoms with van der Waals surface area (Å²) in [5.41, 5.74) is 0.747. The Morgan fingerprint density at radius 3 is 2.18 bits per heavy atom. The van der Waals surface area contributed by atoms with E-state index in [1.165, 1.54) is 15.9 Å². The molecule has 0 unspecified atom stereocenters. The molecule has 0 aliphatic heterocycles. The van der Waals surface area contributed by atoms with Crippen LogP contribution in [0.3, 0.4) is 0 Å². The Balaban J connectivity index is 2.54. The maximum atomic E-state index is 11.9. The number of rotatable bonds is 6. The molecule has 7 nitrogen and oxygen atoms in total. The Labute approximate surface area is 131 Å². The van der Waals surface area contributed by atoms with Crippen LogP contribution in [0, 0.1) is 0 Å². The highest BCUT2D eigenvalue weighted by molar-refractivity contribution is 5.91. The van der Waals surface area contributed by atoms with E-state index in [0.29, 0.717) is 18.9 Å². The normalized spacial score (nSPS) is 10.6. The Morgan fingerprint density at radius 2 is 1.68 bits per heavy atom. The smallest absolute Gasteiger partial charge is 0.246 e. The Kier molecular flexibility index (Phi) is 6.49. The number of anilines is 1. The first-order valence-electron chi connectivity index (χ1n) is 6.94. The van der Waals surface area contributed by atoms with Gasteiger partial charge in [0.05, 0.1) is 0 Å². The molecular weight excluding hydrogens is 282 g/mol. The lowest BCUT2D eigenvalue weighted by Crippen LogP contribution is -2.31. The first kappa shape index (κ1) is 17.6. The number of carbonyl (C=O) groups is 2. The van der Waals surface area contributed by atoms with Crippen LogP contribution in [-0.2, 0) is 9.59 Å². The van der Waals surface area contributed by atoms with Crippen molar-refractivity contribution in [3.8, 4) is 0 Å². The van der Waals surface area contributed by atoms with E-state index in [-0.39, 0.29) is 11.8 Å². The van der Waals surface area contributed by atoms with E-state index in [1.807, 2.05) is 14.1 Å². The Hall–Kier alpha value is -2.44. The quantitative estimate of drug-likeness (QED) is 0.716. The minimum atomic E-state index is -0.164. The van der Waals surface area contributed by atoms with Crippen molar-refractivity contribution in [3.63, 3.8) is 0 Å². The van der Waals surface area contributed by atoms with Gasteiger partial charge < -0.3 is 14.7 Å². The van der Waals surface area contributed by atoms with Gasteiger partial charge in [-0.05, 0) is 6.08 Å². The second-order valence-electron chi connectivity index (χ2n) is 5.34. The lowest BCUT2D eigenvalue weighted by molar-refractivity contribution is -0.130. The molecule has 0 bridgehead atoms. The van der Waals surface area contributed by atoms with E-state index in [9.17, 15) is 9.59 Å². The first-order valence-corrected chi connectivity index (χ1v) is 6.94. The lowest BCUT2D eigenvalue weighted by Gasteiger charge is -2.16. The number of likely N-dealkylation sites (N-methyl/N-ethyl adjacent to an activating group) is 1. The van der Waals surface area contributed by atoms with Crippen molar-refractivity contribution >= 4 is 23.8 Å². The van der Waals surface area contributed by atoms with Crippen molar-refractivity contribution in [2.75, 3.05) is 46.7 Å². The number of nitrogens with zero attached hydrogens (tertiary/aromatic N) is 5. The van der Waals surface area contributed by atoms with Gasteiger partial charge in [0.15, 0.2) is 0 Å². The van der Waals surface area contributed by atoms with Gasteiger partial charge in [0, 0.05) is 72.2 Å². The molecule has 120 valence electrons. The third-order valence-corrected chi connectivity index (χ3v) is 3.01. The van der Waals surface area contributed by atoms with Crippen molar-refractivity contribution in [1.29, 1.82) is 0 Å². The average molecular weight is 305 g/mol. The molecule has 2 amide bonds. The minimum Gasteiger partial charge on any atom is -0.349 e. The molecule has 1 aromatic heterocycles. The summed E-state index contributed by atoms with van der Waals surface area (Å²) in [5, 5.41) is 0. The van der Waals surface area contributed by atoms with Gasteiger partial charge in [-0.3, -0.25) is 9.59 Å². The van der Waals surface area contributed by atoms with Gasteiger partial charge in [0.2, 0.25) is 17.8 Å². The summed E-state index contributed by atoms with van der Waals surface area (Å²) in [4.78, 5) is 36.6. The molecule has 0 spiro atoms. The number of aromatic nitrogens is 2. The van der Waals surface area contributed by atoms with Crippen molar-refractivity contribution in [2.45, 2.75) is 6.42 Å². The van der Waals surface area contributed by atoms with E-state index in [1.54, 1.807) is 44.5 Å². The number of carbonyl (C=O) groups excluding carboxylic acids is 2. The van der Waals surface area contributed by atoms with Crippen LogP contribution in [-0.4, -0.2) is 73.4 Å². The molecule has 0 aromatic carbocycles. The van der Waals surface area contributed by atoms with Crippen molar-refractivity contribution < 1.29 is 9.59 Å². The van der Waals surface area contributed by atoms with Gasteiger partial charge >= 0.3 is 0 Å². The molecular formula is C15H23N5O2. The standard InChI is InChI=1S/C15H23N5O2/c1-18(2)13(21)8-9-20(5)14(22)7-6-12-10-16-15(17-11-12)19(3)4/h6-7,10-11H,8-9H2,1-5H3. The summed E-state index contributed by atoms with van der Waals surface area (Å²) in [6.45, 7) is 0.385. The Morgan fingerprint density at radius 1 is 1.09 bits per heavy atom. The van der Waals surface area contributed by atoms with E-state index in [2.05, 4.69) is 9.97 Å². The zero-order chi connectivity index (χ0) is 16.7. The molecule has 0 saturated heterocycles. The fraction of sp³-hybridized carbons (Fsp3) is 0.467. The molecule has 0 atom stereocenters. The van der Waals surface area contributed by atoms with Crippen LogP contribution in [0.25, 0.3) is 6.08 Å². The average Bonchev–Trinajstić information content (AvgIpc) is 2.49. The summed E-state index contributed by atoms with van der Waals surface area (Å²) in [7, 11) is 8.78. The molecule has 0 aliphatic rings. The Bertz CT molecular complexity index is 537. The highest BCUT2D eigenvalue weighted by Crippen LogP contribution is 2.05. The SMILES string of the molecule is CN(C)C(=O)CCN(C)C(=O)C=Cc1cnc(N(C)C)nc1. The fourth-order valence-electron chi connectivity index (χ4n) is 1.54. The van der Waals surface area contributed by atoms with Crippen LogP contribution in [0.15, 0.2) is 18.5 Å². The molecule has 22 heavy (non-hydrogen) atoms. The van der Waals surface area contributed by atoms with Gasteiger partial charge in [-0.25, -0.2) is 9.97 Å². The molecule has 1 heterocycles. The summed E-state index contributed by atoms with van der Waals surface area (Å²) < 4.78 is 0. The monoisotopic (exact) mass is 305 g/mol. The molecule has 0 N–H and O–H groups in total. The fourth-order valence-corrected chi connectivity index (χ4v) is 1.54. The van der Waals surface area contributed by atoms with Crippen LogP contribution in [0.5, 0.6) is 0 Å². The van der Waals surface area contributed by atoms with E-state index in [4.69, 9.17) is 0 Å². The molecule has 1 aromatic rings. The van der Waals surface area contributed by atoms with E-state index in [0.717, 1.165) is 5.56 Å². The van der Waals surface area contributed by atoms with Crippen LogP contribution >= 0.6 is 0 Å². The topological polar surface area (TPSA) is 69.6 Å². The molecule has 0 saturated carbocycles. The summed E-state index contributed by atoms with van der Waals surface area (Å²) >= 11 is 0. The summed E-state index contributed by atoms with van der Waals surface area (Å²) in [5.74, 6) is 0.447. The molecule has 7 heteroatoms. The van der Waals surface area contributed by atoms with Crippen LogP contribution < -0.4 is 4.90 Å². The summed E-state index contributed by atoms with van der Waals surface area (Å²) in [6.07, 6.45) is 6.73. The minimum absolute atomic E-state index is 0.00342. The zero-order valence-electron chi connectivity index (χ0n) is 13.8. The highest BCUT2D eigenvalue weighted by atomic mass is 16.2. The van der Waals surface area contributed by atoms with Gasteiger partial charge in [0.25, 0.3) is 0 Å².